The van der Waals surface area contributed by atoms with Gasteiger partial charge in [0, 0.05) is 29.0 Å². The number of carbonyl (C=O) groups is 1. The van der Waals surface area contributed by atoms with Gasteiger partial charge in [0.25, 0.3) is 0 Å². The average Bonchev–Trinajstić information content (AvgIpc) is 3.13. The highest BCUT2D eigenvalue weighted by Gasteiger charge is 2.22. The van der Waals surface area contributed by atoms with Gasteiger partial charge in [0.05, 0.1) is 6.20 Å². The number of hydrogen-bond acceptors (Lipinski definition) is 3. The van der Waals surface area contributed by atoms with Crippen LogP contribution >= 0.6 is 11.6 Å². The Kier molecular flexibility index (Phi) is 6.53. The topological polar surface area (TPSA) is 55.1 Å². The molecule has 0 saturated carbocycles. The van der Waals surface area contributed by atoms with Crippen molar-refractivity contribution in [3.63, 3.8) is 0 Å². The second kappa shape index (κ2) is 9.07. The fraction of sp³-hybridized carbons (Fsp3) is 0.304. The van der Waals surface area contributed by atoms with E-state index in [0.717, 1.165) is 21.9 Å². The molecule has 0 bridgehead atoms. The second-order valence-corrected chi connectivity index (χ2v) is 7.95. The van der Waals surface area contributed by atoms with E-state index in [2.05, 4.69) is 10.3 Å². The molecule has 0 aliphatic carbocycles. The molecule has 0 radical (unpaired) electrons. The molecule has 3 rings (SSSR count). The lowest BCUT2D eigenvalue weighted by Crippen LogP contribution is -2.45. The van der Waals surface area contributed by atoms with E-state index in [1.807, 2.05) is 68.4 Å². The van der Waals surface area contributed by atoms with Gasteiger partial charge in [-0.15, -0.1) is 0 Å². The van der Waals surface area contributed by atoms with Gasteiger partial charge in [0.1, 0.15) is 0 Å². The van der Waals surface area contributed by atoms with E-state index in [9.17, 15) is 4.79 Å². The third-order valence-corrected chi connectivity index (χ3v) is 4.84. The number of carbonyl (C=O) groups excluding carboxylic acids is 1. The Morgan fingerprint density at radius 2 is 1.82 bits per heavy atom. The van der Waals surface area contributed by atoms with Crippen molar-refractivity contribution in [3.8, 4) is 11.3 Å². The predicted molar refractivity (Wildman–Crippen MR) is 112 cm³/mol. The first-order valence-electron chi connectivity index (χ1n) is 9.47. The maximum atomic E-state index is 12.4. The van der Waals surface area contributed by atoms with Gasteiger partial charge in [-0.05, 0) is 38.3 Å². The van der Waals surface area contributed by atoms with Crippen molar-refractivity contribution in [3.05, 3.63) is 77.3 Å². The molecule has 1 N–H and O–H groups in total. The first-order valence-corrected chi connectivity index (χ1v) is 9.85. The van der Waals surface area contributed by atoms with Crippen LogP contribution in [0.15, 0.2) is 65.2 Å². The maximum absolute atomic E-state index is 12.4. The molecule has 2 aromatic carbocycles. The van der Waals surface area contributed by atoms with Crippen molar-refractivity contribution in [1.82, 2.24) is 10.3 Å². The molecule has 0 atom stereocenters. The highest BCUT2D eigenvalue weighted by Crippen LogP contribution is 2.22. The Labute approximate surface area is 170 Å². The summed E-state index contributed by atoms with van der Waals surface area (Å²) in [6.07, 6.45) is 4.15. The molecule has 0 aliphatic rings. The summed E-state index contributed by atoms with van der Waals surface area (Å²) in [6, 6.07) is 17.6. The van der Waals surface area contributed by atoms with Crippen molar-refractivity contribution in [2.24, 2.45) is 0 Å². The van der Waals surface area contributed by atoms with E-state index in [0.29, 0.717) is 31.6 Å². The third kappa shape index (κ3) is 5.70. The third-order valence-electron chi connectivity index (χ3n) is 4.47. The van der Waals surface area contributed by atoms with E-state index in [-0.39, 0.29) is 11.4 Å². The van der Waals surface area contributed by atoms with Gasteiger partial charge >= 0.3 is 0 Å². The monoisotopic (exact) mass is 396 g/mol. The number of aromatic nitrogens is 1. The fourth-order valence-electron chi connectivity index (χ4n) is 3.16. The van der Waals surface area contributed by atoms with E-state index >= 15 is 0 Å². The largest absolute Gasteiger partial charge is 0.441 e. The SMILES string of the molecule is CC(C)(Cc1ccccc1Cl)NC(=O)CCCc1ncc(-c2ccccc2)o1. The summed E-state index contributed by atoms with van der Waals surface area (Å²) in [4.78, 5) is 16.7. The first kappa shape index (κ1) is 20.2. The molecular formula is C23H25ClN2O2. The zero-order valence-electron chi connectivity index (χ0n) is 16.2. The highest BCUT2D eigenvalue weighted by molar-refractivity contribution is 6.31. The van der Waals surface area contributed by atoms with Crippen LogP contribution < -0.4 is 5.32 Å². The Balaban J connectivity index is 1.47. The summed E-state index contributed by atoms with van der Waals surface area (Å²) < 4.78 is 5.79. The highest BCUT2D eigenvalue weighted by atomic mass is 35.5. The summed E-state index contributed by atoms with van der Waals surface area (Å²) in [5, 5.41) is 3.83. The quantitative estimate of drug-likeness (QED) is 0.550. The minimum atomic E-state index is -0.370. The van der Waals surface area contributed by atoms with Crippen LogP contribution in [0.2, 0.25) is 5.02 Å². The van der Waals surface area contributed by atoms with Gasteiger partial charge < -0.3 is 9.73 Å². The number of nitrogens with one attached hydrogen (secondary N) is 1. The Morgan fingerprint density at radius 3 is 2.57 bits per heavy atom. The Bertz CT molecular complexity index is 919. The second-order valence-electron chi connectivity index (χ2n) is 7.54. The number of halogens is 1. The maximum Gasteiger partial charge on any atom is 0.220 e. The summed E-state index contributed by atoms with van der Waals surface area (Å²) in [7, 11) is 0. The predicted octanol–water partition coefficient (Wildman–Crippen LogP) is 5.46. The molecule has 0 aliphatic heterocycles. The van der Waals surface area contributed by atoms with Crippen molar-refractivity contribution >= 4 is 17.5 Å². The normalized spacial score (nSPS) is 11.4. The van der Waals surface area contributed by atoms with Gasteiger partial charge in [0.15, 0.2) is 11.7 Å². The van der Waals surface area contributed by atoms with E-state index in [1.54, 1.807) is 6.20 Å². The zero-order valence-corrected chi connectivity index (χ0v) is 17.0. The molecule has 3 aromatic rings. The van der Waals surface area contributed by atoms with Crippen molar-refractivity contribution in [2.75, 3.05) is 0 Å². The number of amides is 1. The lowest BCUT2D eigenvalue weighted by atomic mass is 9.94. The molecule has 1 heterocycles. The lowest BCUT2D eigenvalue weighted by Gasteiger charge is -2.27. The minimum absolute atomic E-state index is 0.0203. The van der Waals surface area contributed by atoms with Crippen LogP contribution in [0.25, 0.3) is 11.3 Å². The van der Waals surface area contributed by atoms with E-state index in [1.165, 1.54) is 0 Å². The smallest absolute Gasteiger partial charge is 0.220 e. The van der Waals surface area contributed by atoms with Crippen molar-refractivity contribution in [1.29, 1.82) is 0 Å². The van der Waals surface area contributed by atoms with Crippen molar-refractivity contribution < 1.29 is 9.21 Å². The van der Waals surface area contributed by atoms with Crippen LogP contribution in [0.5, 0.6) is 0 Å². The molecule has 1 aromatic heterocycles. The number of oxazole rings is 1. The molecular weight excluding hydrogens is 372 g/mol. The van der Waals surface area contributed by atoms with Crippen LogP contribution in [0.3, 0.4) is 0 Å². The summed E-state index contributed by atoms with van der Waals surface area (Å²) in [5.74, 6) is 1.43. The minimum Gasteiger partial charge on any atom is -0.441 e. The van der Waals surface area contributed by atoms with Gasteiger partial charge in [-0.25, -0.2) is 4.98 Å². The molecule has 0 unspecified atom stereocenters. The standard InChI is InChI=1S/C23H25ClN2O2/c1-23(2,15-18-11-6-7-12-19(18)24)26-21(27)13-8-14-22-25-16-20(28-22)17-9-4-3-5-10-17/h3-7,9-12,16H,8,13-15H2,1-2H3,(H,26,27). The van der Waals surface area contributed by atoms with Crippen LogP contribution in [-0.4, -0.2) is 16.4 Å². The Hall–Kier alpha value is -2.59. The molecule has 4 nitrogen and oxygen atoms in total. The van der Waals surface area contributed by atoms with Crippen LogP contribution in [-0.2, 0) is 17.6 Å². The Morgan fingerprint density at radius 1 is 1.11 bits per heavy atom. The first-order chi connectivity index (χ1) is 13.4. The number of rotatable bonds is 8. The molecule has 0 saturated heterocycles. The molecule has 0 fully saturated rings. The van der Waals surface area contributed by atoms with Gasteiger partial charge in [-0.2, -0.15) is 0 Å². The van der Waals surface area contributed by atoms with Crippen LogP contribution in [0.1, 0.15) is 38.1 Å². The summed E-state index contributed by atoms with van der Waals surface area (Å²) in [6.45, 7) is 4.02. The van der Waals surface area contributed by atoms with Crippen molar-refractivity contribution in [2.45, 2.75) is 45.1 Å². The molecule has 1 amide bonds. The van der Waals surface area contributed by atoms with E-state index in [4.69, 9.17) is 16.0 Å². The van der Waals surface area contributed by atoms with E-state index < -0.39 is 0 Å². The van der Waals surface area contributed by atoms with Gasteiger partial charge in [0.2, 0.25) is 5.91 Å². The summed E-state index contributed by atoms with van der Waals surface area (Å²) in [5.41, 5.74) is 1.66. The van der Waals surface area contributed by atoms with Gasteiger partial charge in [-0.1, -0.05) is 60.1 Å². The lowest BCUT2D eigenvalue weighted by molar-refractivity contribution is -0.122. The number of aryl methyl sites for hydroxylation is 1. The number of benzene rings is 2. The van der Waals surface area contributed by atoms with Crippen LogP contribution in [0.4, 0.5) is 0 Å². The fourth-order valence-corrected chi connectivity index (χ4v) is 3.37. The van der Waals surface area contributed by atoms with Gasteiger partial charge in [-0.3, -0.25) is 4.79 Å². The zero-order chi connectivity index (χ0) is 20.0. The summed E-state index contributed by atoms with van der Waals surface area (Å²) >= 11 is 6.23. The molecule has 146 valence electrons. The number of hydrogen-bond donors (Lipinski definition) is 1. The number of nitrogens with zero attached hydrogens (tertiary/aromatic N) is 1. The molecule has 0 spiro atoms. The molecule has 5 heteroatoms. The average molecular weight is 397 g/mol. The van der Waals surface area contributed by atoms with Crippen LogP contribution in [0, 0.1) is 0 Å². The molecule has 28 heavy (non-hydrogen) atoms.